The van der Waals surface area contributed by atoms with Crippen molar-refractivity contribution in [2.24, 2.45) is 0 Å². The predicted molar refractivity (Wildman–Crippen MR) is 77.8 cm³/mol. The number of hydrogen-bond donors (Lipinski definition) is 2. The Morgan fingerprint density at radius 3 is 2.48 bits per heavy atom. The van der Waals surface area contributed by atoms with Crippen LogP contribution < -0.4 is 4.72 Å². The molecule has 0 spiro atoms. The van der Waals surface area contributed by atoms with E-state index in [1.54, 1.807) is 24.3 Å². The van der Waals surface area contributed by atoms with Gasteiger partial charge in [-0.05, 0) is 29.3 Å². The van der Waals surface area contributed by atoms with E-state index in [1.165, 1.54) is 6.07 Å². The van der Waals surface area contributed by atoms with Crippen LogP contribution in [-0.2, 0) is 23.2 Å². The van der Waals surface area contributed by atoms with Crippen LogP contribution in [0.15, 0.2) is 47.4 Å². The van der Waals surface area contributed by atoms with Gasteiger partial charge in [-0.25, -0.2) is 17.5 Å². The first-order valence-electron chi connectivity index (χ1n) is 6.06. The first-order chi connectivity index (χ1) is 9.94. The summed E-state index contributed by atoms with van der Waals surface area (Å²) in [7, 11) is -3.94. The van der Waals surface area contributed by atoms with Gasteiger partial charge in [-0.2, -0.15) is 0 Å². The van der Waals surface area contributed by atoms with Crippen LogP contribution in [0.4, 0.5) is 4.39 Å². The number of sulfonamides is 1. The van der Waals surface area contributed by atoms with Crippen LogP contribution in [0.2, 0.25) is 5.02 Å². The molecule has 0 unspecified atom stereocenters. The molecule has 0 saturated carbocycles. The van der Waals surface area contributed by atoms with Gasteiger partial charge >= 0.3 is 0 Å². The van der Waals surface area contributed by atoms with Crippen LogP contribution in [0.25, 0.3) is 0 Å². The Hall–Kier alpha value is -1.47. The average Bonchev–Trinajstić information content (AvgIpc) is 2.48. The molecule has 4 nitrogen and oxygen atoms in total. The van der Waals surface area contributed by atoms with Gasteiger partial charge in [0.2, 0.25) is 10.0 Å². The Kier molecular flexibility index (Phi) is 4.95. The Bertz CT molecular complexity index is 750. The van der Waals surface area contributed by atoms with Crippen molar-refractivity contribution in [1.29, 1.82) is 0 Å². The third-order valence-corrected chi connectivity index (χ3v) is 4.81. The number of hydrogen-bond acceptors (Lipinski definition) is 3. The molecule has 0 saturated heterocycles. The number of nitrogens with one attached hydrogen (secondary N) is 1. The average molecular weight is 330 g/mol. The molecule has 0 bridgehead atoms. The Labute approximate surface area is 127 Å². The van der Waals surface area contributed by atoms with Gasteiger partial charge in [0.25, 0.3) is 0 Å². The smallest absolute Gasteiger partial charge is 0.242 e. The van der Waals surface area contributed by atoms with Gasteiger partial charge in [0.1, 0.15) is 10.7 Å². The van der Waals surface area contributed by atoms with Gasteiger partial charge in [-0.15, -0.1) is 0 Å². The fourth-order valence-corrected chi connectivity index (χ4v) is 3.33. The Morgan fingerprint density at radius 2 is 1.81 bits per heavy atom. The van der Waals surface area contributed by atoms with Crippen LogP contribution in [0.1, 0.15) is 11.1 Å². The second kappa shape index (κ2) is 6.53. The third kappa shape index (κ3) is 3.79. The molecule has 2 aromatic rings. The zero-order valence-electron chi connectivity index (χ0n) is 10.9. The minimum absolute atomic E-state index is 0.0219. The molecular weight excluding hydrogens is 317 g/mol. The van der Waals surface area contributed by atoms with E-state index in [9.17, 15) is 17.9 Å². The molecule has 112 valence electrons. The van der Waals surface area contributed by atoms with E-state index < -0.39 is 15.8 Å². The van der Waals surface area contributed by atoms with Crippen molar-refractivity contribution in [3.05, 3.63) is 64.4 Å². The van der Waals surface area contributed by atoms with Crippen molar-refractivity contribution in [3.8, 4) is 0 Å². The number of halogens is 2. The topological polar surface area (TPSA) is 66.4 Å². The summed E-state index contributed by atoms with van der Waals surface area (Å²) in [6.07, 6.45) is 0. The summed E-state index contributed by atoms with van der Waals surface area (Å²) in [5.74, 6) is -0.685. The molecule has 0 heterocycles. The van der Waals surface area contributed by atoms with Gasteiger partial charge in [-0.3, -0.25) is 0 Å². The van der Waals surface area contributed by atoms with Gasteiger partial charge in [0.15, 0.2) is 0 Å². The van der Waals surface area contributed by atoms with Gasteiger partial charge in [-0.1, -0.05) is 35.9 Å². The van der Waals surface area contributed by atoms with E-state index in [1.807, 2.05) is 0 Å². The van der Waals surface area contributed by atoms with Crippen LogP contribution in [0.3, 0.4) is 0 Å². The second-order valence-electron chi connectivity index (χ2n) is 4.33. The molecule has 21 heavy (non-hydrogen) atoms. The highest BCUT2D eigenvalue weighted by atomic mass is 35.5. The second-order valence-corrected chi connectivity index (χ2v) is 6.47. The maximum absolute atomic E-state index is 13.2. The first-order valence-corrected chi connectivity index (χ1v) is 7.92. The maximum atomic E-state index is 13.2. The SMILES string of the molecule is O=S(=O)(NCc1ccccc1CO)c1cc(F)ccc1Cl. The minimum atomic E-state index is -3.94. The normalized spacial score (nSPS) is 11.6. The quantitative estimate of drug-likeness (QED) is 0.885. The monoisotopic (exact) mass is 329 g/mol. The highest BCUT2D eigenvalue weighted by molar-refractivity contribution is 7.89. The molecule has 2 rings (SSSR count). The summed E-state index contributed by atoms with van der Waals surface area (Å²) in [4.78, 5) is -0.314. The Morgan fingerprint density at radius 1 is 1.14 bits per heavy atom. The van der Waals surface area contributed by atoms with Crippen molar-refractivity contribution < 1.29 is 17.9 Å². The number of benzene rings is 2. The molecule has 0 amide bonds. The summed E-state index contributed by atoms with van der Waals surface area (Å²) in [5.41, 5.74) is 1.25. The minimum Gasteiger partial charge on any atom is -0.392 e. The molecule has 0 aromatic heterocycles. The van der Waals surface area contributed by atoms with Crippen LogP contribution in [0.5, 0.6) is 0 Å². The number of aliphatic hydroxyl groups excluding tert-OH is 1. The molecule has 0 radical (unpaired) electrons. The Balaban J connectivity index is 2.24. The highest BCUT2D eigenvalue weighted by Gasteiger charge is 2.18. The lowest BCUT2D eigenvalue weighted by Crippen LogP contribution is -2.24. The lowest BCUT2D eigenvalue weighted by atomic mass is 10.1. The van der Waals surface area contributed by atoms with Crippen molar-refractivity contribution in [2.75, 3.05) is 0 Å². The van der Waals surface area contributed by atoms with E-state index in [0.29, 0.717) is 11.1 Å². The summed E-state index contributed by atoms with van der Waals surface area (Å²) in [6, 6.07) is 10.0. The largest absolute Gasteiger partial charge is 0.392 e. The standard InChI is InChI=1S/C14H13ClFNO3S/c15-13-6-5-12(16)7-14(13)21(19,20)17-8-10-3-1-2-4-11(10)9-18/h1-7,17-18H,8-9H2. The molecular formula is C14H13ClFNO3S. The fourth-order valence-electron chi connectivity index (χ4n) is 1.82. The van der Waals surface area contributed by atoms with Crippen LogP contribution in [-0.4, -0.2) is 13.5 Å². The summed E-state index contributed by atoms with van der Waals surface area (Å²) in [5, 5.41) is 9.14. The zero-order valence-corrected chi connectivity index (χ0v) is 12.5. The van der Waals surface area contributed by atoms with Gasteiger partial charge in [0.05, 0.1) is 11.6 Å². The van der Waals surface area contributed by atoms with Crippen molar-refractivity contribution >= 4 is 21.6 Å². The first kappa shape index (κ1) is 15.9. The lowest BCUT2D eigenvalue weighted by Gasteiger charge is -2.10. The maximum Gasteiger partial charge on any atom is 0.242 e. The molecule has 0 aliphatic carbocycles. The zero-order chi connectivity index (χ0) is 15.5. The van der Waals surface area contributed by atoms with Gasteiger partial charge in [0, 0.05) is 6.54 Å². The van der Waals surface area contributed by atoms with Gasteiger partial charge < -0.3 is 5.11 Å². The van der Waals surface area contributed by atoms with Crippen molar-refractivity contribution in [2.45, 2.75) is 18.0 Å². The fraction of sp³-hybridized carbons (Fsp3) is 0.143. The third-order valence-electron chi connectivity index (χ3n) is 2.92. The van der Waals surface area contributed by atoms with E-state index in [2.05, 4.69) is 4.72 Å². The highest BCUT2D eigenvalue weighted by Crippen LogP contribution is 2.22. The summed E-state index contributed by atoms with van der Waals surface area (Å²) >= 11 is 5.80. The van der Waals surface area contributed by atoms with Crippen molar-refractivity contribution in [1.82, 2.24) is 4.72 Å². The predicted octanol–water partition coefficient (Wildman–Crippen LogP) is 2.45. The number of aliphatic hydroxyl groups is 1. The molecule has 7 heteroatoms. The van der Waals surface area contributed by atoms with E-state index in [-0.39, 0.29) is 23.1 Å². The van der Waals surface area contributed by atoms with Crippen LogP contribution >= 0.6 is 11.6 Å². The molecule has 0 aliphatic heterocycles. The molecule has 2 aromatic carbocycles. The molecule has 2 N–H and O–H groups in total. The lowest BCUT2D eigenvalue weighted by molar-refractivity contribution is 0.280. The van der Waals surface area contributed by atoms with E-state index in [0.717, 1.165) is 12.1 Å². The van der Waals surface area contributed by atoms with Crippen molar-refractivity contribution in [3.63, 3.8) is 0 Å². The van der Waals surface area contributed by atoms with E-state index >= 15 is 0 Å². The molecule has 0 atom stereocenters. The summed E-state index contributed by atoms with van der Waals surface area (Å²) in [6.45, 7) is -0.218. The van der Waals surface area contributed by atoms with Crippen LogP contribution in [0, 0.1) is 5.82 Å². The van der Waals surface area contributed by atoms with E-state index in [4.69, 9.17) is 11.6 Å². The number of rotatable bonds is 5. The summed E-state index contributed by atoms with van der Waals surface area (Å²) < 4.78 is 39.8. The molecule has 0 aliphatic rings. The molecule has 0 fully saturated rings.